The largest absolute Gasteiger partial charge is 1.00 e. The maximum absolute atomic E-state index is 11.2. The predicted octanol–water partition coefficient (Wildman–Crippen LogP) is 2.16. The Bertz CT molecular complexity index is 374. The molecule has 0 aliphatic carbocycles. The van der Waals surface area contributed by atoms with Gasteiger partial charge in [-0.3, -0.25) is 0 Å². The summed E-state index contributed by atoms with van der Waals surface area (Å²) in [5.41, 5.74) is 0. The number of aliphatic hydroxyl groups is 1. The standard InChI is InChI=1S/C19H40O4S.K/c1-3-5-16-19(24(21,22)23)17-14-12-10-8-6-7-9-11-13-15-18(20)4-2;/h18-20H,3-17H2,1-2H3,(H,21,22,23);/q;+1/p-1. The average molecular weight is 403 g/mol. The predicted molar refractivity (Wildman–Crippen MR) is 100 cm³/mol. The van der Waals surface area contributed by atoms with Gasteiger partial charge in [-0.25, -0.2) is 8.42 Å². The van der Waals surface area contributed by atoms with Gasteiger partial charge in [-0.2, -0.15) is 0 Å². The van der Waals surface area contributed by atoms with Crippen molar-refractivity contribution in [3.8, 4) is 0 Å². The molecule has 0 aromatic rings. The number of aliphatic hydroxyl groups excluding tert-OH is 1. The Labute approximate surface area is 199 Å². The molecule has 6 heteroatoms. The van der Waals surface area contributed by atoms with E-state index >= 15 is 0 Å². The van der Waals surface area contributed by atoms with E-state index in [9.17, 15) is 18.1 Å². The first-order valence-electron chi connectivity index (χ1n) is 10.0. The van der Waals surface area contributed by atoms with Gasteiger partial charge in [0.25, 0.3) is 0 Å². The van der Waals surface area contributed by atoms with Gasteiger partial charge >= 0.3 is 51.4 Å². The van der Waals surface area contributed by atoms with Gasteiger partial charge in [0.2, 0.25) is 0 Å². The topological polar surface area (TPSA) is 77.4 Å². The van der Waals surface area contributed by atoms with Crippen molar-refractivity contribution in [1.82, 2.24) is 0 Å². The first kappa shape index (κ1) is 28.7. The number of hydrogen-bond donors (Lipinski definition) is 1. The van der Waals surface area contributed by atoms with Crippen LogP contribution in [-0.4, -0.2) is 29.4 Å². The van der Waals surface area contributed by atoms with E-state index in [0.717, 1.165) is 51.4 Å². The molecule has 25 heavy (non-hydrogen) atoms. The van der Waals surface area contributed by atoms with Gasteiger partial charge in [-0.05, 0) is 25.7 Å². The fraction of sp³-hybridized carbons (Fsp3) is 1.00. The molecule has 0 amide bonds. The molecule has 0 fully saturated rings. The average Bonchev–Trinajstić information content (AvgIpc) is 2.53. The van der Waals surface area contributed by atoms with E-state index in [0.29, 0.717) is 12.8 Å². The molecule has 0 rings (SSSR count). The summed E-state index contributed by atoms with van der Waals surface area (Å²) in [6.07, 6.45) is 14.7. The van der Waals surface area contributed by atoms with Crippen LogP contribution in [0.3, 0.4) is 0 Å². The summed E-state index contributed by atoms with van der Waals surface area (Å²) in [6, 6.07) is 0. The van der Waals surface area contributed by atoms with Crippen LogP contribution in [-0.2, 0) is 10.1 Å². The Morgan fingerprint density at radius 2 is 1.16 bits per heavy atom. The van der Waals surface area contributed by atoms with E-state index in [4.69, 9.17) is 0 Å². The van der Waals surface area contributed by atoms with Gasteiger partial charge in [-0.15, -0.1) is 0 Å². The molecule has 0 aromatic carbocycles. The van der Waals surface area contributed by atoms with Crippen LogP contribution >= 0.6 is 0 Å². The molecule has 1 N–H and O–H groups in total. The van der Waals surface area contributed by atoms with Crippen molar-refractivity contribution < 1.29 is 69.5 Å². The zero-order valence-electron chi connectivity index (χ0n) is 16.8. The number of hydrogen-bond acceptors (Lipinski definition) is 4. The summed E-state index contributed by atoms with van der Waals surface area (Å²) < 4.78 is 33.7. The fourth-order valence-electron chi connectivity index (χ4n) is 3.06. The first-order chi connectivity index (χ1) is 11.4. The summed E-state index contributed by atoms with van der Waals surface area (Å²) in [5, 5.41) is 8.79. The minimum Gasteiger partial charge on any atom is -0.748 e. The van der Waals surface area contributed by atoms with Crippen LogP contribution in [0.5, 0.6) is 0 Å². The van der Waals surface area contributed by atoms with Crippen molar-refractivity contribution in [3.05, 3.63) is 0 Å². The van der Waals surface area contributed by atoms with Crippen LogP contribution in [0, 0.1) is 0 Å². The summed E-state index contributed by atoms with van der Waals surface area (Å²) in [5.74, 6) is 0. The van der Waals surface area contributed by atoms with Gasteiger partial charge in [0.05, 0.1) is 16.2 Å². The van der Waals surface area contributed by atoms with Gasteiger partial charge < -0.3 is 9.66 Å². The Hall–Kier alpha value is 1.51. The number of unbranched alkanes of at least 4 members (excludes halogenated alkanes) is 9. The minimum atomic E-state index is -4.12. The summed E-state index contributed by atoms with van der Waals surface area (Å²) in [4.78, 5) is 0. The second-order valence-electron chi connectivity index (χ2n) is 7.08. The molecule has 0 spiro atoms. The zero-order chi connectivity index (χ0) is 18.3. The third-order valence-corrected chi connectivity index (χ3v) is 6.11. The smallest absolute Gasteiger partial charge is 0.748 e. The molecular weight excluding hydrogens is 363 g/mol. The van der Waals surface area contributed by atoms with Gasteiger partial charge in [-0.1, -0.05) is 84.5 Å². The molecule has 0 radical (unpaired) electrons. The van der Waals surface area contributed by atoms with Crippen LogP contribution in [0.25, 0.3) is 0 Å². The molecule has 0 aliphatic rings. The van der Waals surface area contributed by atoms with E-state index in [-0.39, 0.29) is 57.5 Å². The van der Waals surface area contributed by atoms with Crippen LogP contribution in [0.4, 0.5) is 0 Å². The molecule has 0 aliphatic heterocycles. The molecule has 2 atom stereocenters. The molecule has 146 valence electrons. The minimum absolute atomic E-state index is 0. The second-order valence-corrected chi connectivity index (χ2v) is 8.73. The van der Waals surface area contributed by atoms with Crippen LogP contribution in [0.15, 0.2) is 0 Å². The zero-order valence-corrected chi connectivity index (χ0v) is 20.8. The molecule has 2 unspecified atom stereocenters. The van der Waals surface area contributed by atoms with Crippen molar-refractivity contribution in [2.75, 3.05) is 0 Å². The van der Waals surface area contributed by atoms with Crippen molar-refractivity contribution in [1.29, 1.82) is 0 Å². The third kappa shape index (κ3) is 18.6. The SMILES string of the molecule is CCCCC(CCCCCCCCCCCC(O)CC)S(=O)(=O)[O-].[K+]. The molecule has 0 heterocycles. The van der Waals surface area contributed by atoms with Gasteiger partial charge in [0, 0.05) is 5.25 Å². The van der Waals surface area contributed by atoms with Crippen LogP contribution in [0.2, 0.25) is 0 Å². The summed E-state index contributed by atoms with van der Waals surface area (Å²) >= 11 is 0. The monoisotopic (exact) mass is 402 g/mol. The van der Waals surface area contributed by atoms with Crippen molar-refractivity contribution in [2.45, 2.75) is 122 Å². The molecule has 0 aromatic heterocycles. The van der Waals surface area contributed by atoms with Gasteiger partial charge in [0.15, 0.2) is 0 Å². The third-order valence-electron chi connectivity index (χ3n) is 4.82. The summed E-state index contributed by atoms with van der Waals surface area (Å²) in [6.45, 7) is 4.03. The molecule has 0 bridgehead atoms. The Morgan fingerprint density at radius 3 is 1.56 bits per heavy atom. The first-order valence-corrected chi connectivity index (χ1v) is 11.5. The molecule has 4 nitrogen and oxygen atoms in total. The van der Waals surface area contributed by atoms with Crippen molar-refractivity contribution in [3.63, 3.8) is 0 Å². The fourth-order valence-corrected chi connectivity index (χ4v) is 3.97. The van der Waals surface area contributed by atoms with Gasteiger partial charge in [0.1, 0.15) is 0 Å². The molecular formula is C19H39KO4S. The van der Waals surface area contributed by atoms with E-state index in [1.807, 2.05) is 13.8 Å². The Balaban J connectivity index is 0. The molecule has 0 saturated carbocycles. The van der Waals surface area contributed by atoms with E-state index in [2.05, 4.69) is 0 Å². The Morgan fingerprint density at radius 1 is 0.760 bits per heavy atom. The van der Waals surface area contributed by atoms with E-state index < -0.39 is 15.4 Å². The van der Waals surface area contributed by atoms with Crippen molar-refractivity contribution >= 4 is 10.1 Å². The van der Waals surface area contributed by atoms with E-state index in [1.165, 1.54) is 32.1 Å². The Kier molecular flexibility index (Phi) is 21.7. The number of rotatable bonds is 17. The maximum atomic E-state index is 11.2. The second kappa shape index (κ2) is 18.9. The normalized spacial score (nSPS) is 14.1. The van der Waals surface area contributed by atoms with Crippen molar-refractivity contribution in [2.24, 2.45) is 0 Å². The van der Waals surface area contributed by atoms with Crippen LogP contribution < -0.4 is 51.4 Å². The van der Waals surface area contributed by atoms with E-state index in [1.54, 1.807) is 0 Å². The van der Waals surface area contributed by atoms with Crippen LogP contribution in [0.1, 0.15) is 110 Å². The molecule has 0 saturated heterocycles. The maximum Gasteiger partial charge on any atom is 1.00 e. The summed E-state index contributed by atoms with van der Waals surface area (Å²) in [7, 11) is -4.12. The quantitative estimate of drug-likeness (QED) is 0.230.